The summed E-state index contributed by atoms with van der Waals surface area (Å²) in [6.07, 6.45) is 1.14. The van der Waals surface area contributed by atoms with Crippen molar-refractivity contribution in [1.82, 2.24) is 5.06 Å². The molecule has 0 aliphatic carbocycles. The average molecular weight is 433 g/mol. The molecule has 10 heteroatoms. The Kier molecular flexibility index (Phi) is 8.21. The van der Waals surface area contributed by atoms with E-state index in [1.54, 1.807) is 24.3 Å². The van der Waals surface area contributed by atoms with Crippen molar-refractivity contribution in [1.29, 1.82) is 0 Å². The number of piperidine rings is 1. The molecule has 9 nitrogen and oxygen atoms in total. The van der Waals surface area contributed by atoms with Gasteiger partial charge < -0.3 is 4.74 Å². The minimum atomic E-state index is -1.69. The summed E-state index contributed by atoms with van der Waals surface area (Å²) in [5.74, 6) is 0.793. The number of hydroxylamine groups is 2. The van der Waals surface area contributed by atoms with Crippen molar-refractivity contribution in [3.63, 3.8) is 0 Å². The van der Waals surface area contributed by atoms with E-state index in [1.807, 2.05) is 36.4 Å². The summed E-state index contributed by atoms with van der Waals surface area (Å²) >= 11 is -1.69. The molecule has 3 rings (SSSR count). The lowest BCUT2D eigenvalue weighted by molar-refractivity contribution is -0.291. The van der Waals surface area contributed by atoms with Crippen LogP contribution >= 0.6 is 0 Å². The Morgan fingerprint density at radius 1 is 1.13 bits per heavy atom. The van der Waals surface area contributed by atoms with Crippen molar-refractivity contribution in [3.05, 3.63) is 59.0 Å². The summed E-state index contributed by atoms with van der Waals surface area (Å²) in [6.45, 7) is 0.679. The molecule has 0 radical (unpaired) electrons. The molecule has 160 valence electrons. The van der Waals surface area contributed by atoms with Crippen molar-refractivity contribution < 1.29 is 23.0 Å². The molecule has 0 saturated carbocycles. The number of methoxy groups -OCH3 is 1. The predicted octanol–water partition coefficient (Wildman–Crippen LogP) is 4.04. The third-order valence-electron chi connectivity index (χ3n) is 4.86. The van der Waals surface area contributed by atoms with Crippen LogP contribution in [0.3, 0.4) is 0 Å². The van der Waals surface area contributed by atoms with Gasteiger partial charge in [-0.1, -0.05) is 29.4 Å². The fourth-order valence-electron chi connectivity index (χ4n) is 3.25. The molecule has 1 aliphatic heterocycles. The van der Waals surface area contributed by atoms with Crippen molar-refractivity contribution >= 4 is 11.1 Å². The largest absolute Gasteiger partial charge is 0.497 e. The molecule has 3 unspecified atom stereocenters. The van der Waals surface area contributed by atoms with Gasteiger partial charge in [0.05, 0.1) is 25.2 Å². The second-order valence-corrected chi connectivity index (χ2v) is 7.78. The SMILES string of the molecule is COOCC1CC(N=[N+]=[N-])CCN1OS(=O)c1ccc(-c2ccc(OC)cc2)cc1. The van der Waals surface area contributed by atoms with Crippen LogP contribution in [0, 0.1) is 0 Å². The number of azide groups is 1. The van der Waals surface area contributed by atoms with E-state index >= 15 is 0 Å². The number of nitrogens with zero attached hydrogens (tertiary/aromatic N) is 4. The molecule has 1 saturated heterocycles. The highest BCUT2D eigenvalue weighted by Gasteiger charge is 2.31. The lowest BCUT2D eigenvalue weighted by Gasteiger charge is -2.35. The Bertz CT molecular complexity index is 887. The fourth-order valence-corrected chi connectivity index (χ4v) is 4.07. The Balaban J connectivity index is 1.65. The van der Waals surface area contributed by atoms with Crippen LogP contribution in [0.2, 0.25) is 0 Å². The number of hydrogen-bond donors (Lipinski definition) is 0. The summed E-state index contributed by atoms with van der Waals surface area (Å²) in [6, 6.07) is 14.7. The van der Waals surface area contributed by atoms with E-state index in [2.05, 4.69) is 14.9 Å². The minimum absolute atomic E-state index is 0.155. The standard InChI is InChI=1S/C20H24N4O5S/c1-26-19-7-3-15(4-8-19)16-5-9-20(10-6-16)30(25)29-24-12-11-17(22-23-21)13-18(24)14-28-27-2/h3-10,17-18H,11-14H2,1-2H3. The molecule has 1 aliphatic rings. The quantitative estimate of drug-likeness (QED) is 0.195. The Morgan fingerprint density at radius 2 is 1.80 bits per heavy atom. The molecule has 0 N–H and O–H groups in total. The van der Waals surface area contributed by atoms with Gasteiger partial charge in [-0.3, -0.25) is 0 Å². The Morgan fingerprint density at radius 3 is 2.40 bits per heavy atom. The Labute approximate surface area is 177 Å². The number of hydrogen-bond acceptors (Lipinski definition) is 7. The Hall–Kier alpha value is -2.46. The minimum Gasteiger partial charge on any atom is -0.497 e. The molecular weight excluding hydrogens is 408 g/mol. The van der Waals surface area contributed by atoms with Gasteiger partial charge in [0.25, 0.3) is 0 Å². The molecule has 2 aromatic carbocycles. The number of benzene rings is 2. The zero-order valence-corrected chi connectivity index (χ0v) is 17.7. The van der Waals surface area contributed by atoms with Crippen LogP contribution in [-0.4, -0.2) is 48.7 Å². The van der Waals surface area contributed by atoms with Crippen LogP contribution in [0.5, 0.6) is 5.75 Å². The lowest BCUT2D eigenvalue weighted by atomic mass is 10.0. The molecule has 1 fully saturated rings. The van der Waals surface area contributed by atoms with Gasteiger partial charge >= 0.3 is 0 Å². The molecular formula is C20H24N4O5S. The maximum Gasteiger partial charge on any atom is 0.206 e. The summed E-state index contributed by atoms with van der Waals surface area (Å²) in [5.41, 5.74) is 10.7. The molecule has 2 aromatic rings. The number of rotatable bonds is 9. The van der Waals surface area contributed by atoms with Crippen LogP contribution in [0.4, 0.5) is 0 Å². The maximum atomic E-state index is 12.7. The van der Waals surface area contributed by atoms with E-state index in [9.17, 15) is 4.21 Å². The summed E-state index contributed by atoms with van der Waals surface area (Å²) in [7, 11) is 3.05. The second-order valence-electron chi connectivity index (χ2n) is 6.69. The first-order valence-corrected chi connectivity index (χ1v) is 10.5. The van der Waals surface area contributed by atoms with Crippen molar-refractivity contribution in [3.8, 4) is 16.9 Å². The zero-order valence-electron chi connectivity index (χ0n) is 16.8. The fraction of sp³-hybridized carbons (Fsp3) is 0.400. The van der Waals surface area contributed by atoms with Gasteiger partial charge in [-0.2, -0.15) is 9.35 Å². The van der Waals surface area contributed by atoms with E-state index in [-0.39, 0.29) is 18.7 Å². The van der Waals surface area contributed by atoms with E-state index in [0.29, 0.717) is 24.3 Å². The molecule has 3 atom stereocenters. The number of ether oxygens (including phenoxy) is 1. The first-order chi connectivity index (χ1) is 14.6. The highest BCUT2D eigenvalue weighted by Crippen LogP contribution is 2.26. The smallest absolute Gasteiger partial charge is 0.206 e. The summed E-state index contributed by atoms with van der Waals surface area (Å²) in [4.78, 5) is 13.1. The van der Waals surface area contributed by atoms with E-state index < -0.39 is 11.1 Å². The van der Waals surface area contributed by atoms with Gasteiger partial charge in [-0.25, -0.2) is 14.0 Å². The van der Waals surface area contributed by atoms with Gasteiger partial charge in [0.2, 0.25) is 11.1 Å². The molecule has 0 spiro atoms. The van der Waals surface area contributed by atoms with Gasteiger partial charge in [0.1, 0.15) is 12.4 Å². The third-order valence-corrected chi connectivity index (χ3v) is 5.84. The van der Waals surface area contributed by atoms with E-state index in [1.165, 1.54) is 7.11 Å². The molecule has 0 amide bonds. The third kappa shape index (κ3) is 5.79. The molecule has 30 heavy (non-hydrogen) atoms. The van der Waals surface area contributed by atoms with Crippen molar-refractivity contribution in [2.24, 2.45) is 5.11 Å². The van der Waals surface area contributed by atoms with Crippen molar-refractivity contribution in [2.75, 3.05) is 27.4 Å². The van der Waals surface area contributed by atoms with Crippen LogP contribution in [-0.2, 0) is 25.1 Å². The second kappa shape index (κ2) is 11.1. The lowest BCUT2D eigenvalue weighted by Crippen LogP contribution is -2.46. The van der Waals surface area contributed by atoms with Crippen molar-refractivity contribution in [2.45, 2.75) is 29.8 Å². The van der Waals surface area contributed by atoms with Gasteiger partial charge in [0.15, 0.2) is 0 Å². The maximum absolute atomic E-state index is 12.7. The topological polar surface area (TPSA) is 106 Å². The molecule has 0 bridgehead atoms. The first kappa shape index (κ1) is 22.2. The highest BCUT2D eigenvalue weighted by molar-refractivity contribution is 7.80. The summed E-state index contributed by atoms with van der Waals surface area (Å²) in [5, 5.41) is 5.40. The first-order valence-electron chi connectivity index (χ1n) is 9.45. The summed E-state index contributed by atoms with van der Waals surface area (Å²) < 4.78 is 23.6. The normalized spacial score (nSPS) is 20.3. The van der Waals surface area contributed by atoms with Gasteiger partial charge in [-0.05, 0) is 53.8 Å². The molecule has 1 heterocycles. The highest BCUT2D eigenvalue weighted by atomic mass is 32.2. The molecule has 0 aromatic heterocycles. The predicted molar refractivity (Wildman–Crippen MR) is 112 cm³/mol. The van der Waals surface area contributed by atoms with Crippen LogP contribution in [0.15, 0.2) is 58.5 Å². The van der Waals surface area contributed by atoms with Gasteiger partial charge in [-0.15, -0.1) is 0 Å². The van der Waals surface area contributed by atoms with Crippen LogP contribution in [0.25, 0.3) is 21.6 Å². The van der Waals surface area contributed by atoms with Crippen LogP contribution < -0.4 is 4.74 Å². The van der Waals surface area contributed by atoms with Gasteiger partial charge in [0, 0.05) is 17.5 Å². The van der Waals surface area contributed by atoms with Crippen LogP contribution in [0.1, 0.15) is 12.8 Å². The average Bonchev–Trinajstić information content (AvgIpc) is 2.79. The van der Waals surface area contributed by atoms with E-state index in [0.717, 1.165) is 16.9 Å². The van der Waals surface area contributed by atoms with E-state index in [4.69, 9.17) is 19.4 Å². The zero-order chi connectivity index (χ0) is 21.3. The monoisotopic (exact) mass is 432 g/mol.